The van der Waals surface area contributed by atoms with Crippen LogP contribution >= 0.6 is 11.3 Å². The molecule has 3 rings (SSSR count). The molecule has 7 nitrogen and oxygen atoms in total. The maximum Gasteiger partial charge on any atom is 0.341 e. The summed E-state index contributed by atoms with van der Waals surface area (Å²) in [7, 11) is 0. The number of hydrogen-bond acceptors (Lipinski definition) is 6. The number of rotatable bonds is 6. The summed E-state index contributed by atoms with van der Waals surface area (Å²) in [5.74, 6) is -1.40. The number of anilines is 2. The molecule has 2 heterocycles. The lowest BCUT2D eigenvalue weighted by Gasteiger charge is -2.09. The van der Waals surface area contributed by atoms with Gasteiger partial charge in [-0.1, -0.05) is 17.7 Å². The number of esters is 1. The summed E-state index contributed by atoms with van der Waals surface area (Å²) < 4.78 is 10.2. The molecule has 2 aromatic heterocycles. The topological polar surface area (TPSA) is 97.6 Å². The number of amides is 2. The van der Waals surface area contributed by atoms with Crippen molar-refractivity contribution in [2.24, 2.45) is 0 Å². The standard InChI is InChI=1S/C22H22N2O5S/c1-5-28-22(27)17-14(4)18(20(26)23-15-9-8-12(2)11-13(15)3)30-21(17)24-19(25)16-7-6-10-29-16/h6-11H,5H2,1-4H3,(H,23,26)(H,24,25). The minimum Gasteiger partial charge on any atom is -0.462 e. The molecule has 0 aliphatic rings. The third-order valence-electron chi connectivity index (χ3n) is 4.43. The number of carbonyl (C=O) groups excluding carboxylic acids is 3. The molecule has 0 unspecified atom stereocenters. The summed E-state index contributed by atoms with van der Waals surface area (Å²) >= 11 is 1.02. The fourth-order valence-electron chi connectivity index (χ4n) is 2.97. The van der Waals surface area contributed by atoms with Crippen LogP contribution in [0.15, 0.2) is 41.0 Å². The van der Waals surface area contributed by atoms with Crippen molar-refractivity contribution in [3.8, 4) is 0 Å². The van der Waals surface area contributed by atoms with Crippen LogP contribution in [0.2, 0.25) is 0 Å². The van der Waals surface area contributed by atoms with Gasteiger partial charge in [0.05, 0.1) is 23.3 Å². The zero-order valence-corrected chi connectivity index (χ0v) is 17.9. The Morgan fingerprint density at radius 1 is 1.07 bits per heavy atom. The molecular formula is C22H22N2O5S. The van der Waals surface area contributed by atoms with Crippen LogP contribution in [0.1, 0.15) is 54.2 Å². The SMILES string of the molecule is CCOC(=O)c1c(NC(=O)c2ccco2)sc(C(=O)Nc2ccc(C)cc2C)c1C. The van der Waals surface area contributed by atoms with Crippen LogP contribution in [-0.4, -0.2) is 24.4 Å². The molecule has 30 heavy (non-hydrogen) atoms. The summed E-state index contributed by atoms with van der Waals surface area (Å²) in [5, 5.41) is 5.77. The van der Waals surface area contributed by atoms with Crippen molar-refractivity contribution >= 4 is 39.8 Å². The predicted octanol–water partition coefficient (Wildman–Crippen LogP) is 4.95. The fraction of sp³-hybridized carbons (Fsp3) is 0.227. The Hall–Kier alpha value is -3.39. The maximum atomic E-state index is 12.9. The van der Waals surface area contributed by atoms with E-state index in [-0.39, 0.29) is 28.8 Å². The van der Waals surface area contributed by atoms with E-state index in [1.807, 2.05) is 32.0 Å². The van der Waals surface area contributed by atoms with E-state index in [4.69, 9.17) is 9.15 Å². The molecule has 8 heteroatoms. The van der Waals surface area contributed by atoms with Crippen molar-refractivity contribution in [2.45, 2.75) is 27.7 Å². The summed E-state index contributed by atoms with van der Waals surface area (Å²) in [6.07, 6.45) is 1.38. The Bertz CT molecular complexity index is 1100. The van der Waals surface area contributed by atoms with Gasteiger partial charge in [0.2, 0.25) is 0 Å². The lowest BCUT2D eigenvalue weighted by Crippen LogP contribution is -2.15. The van der Waals surface area contributed by atoms with Crippen molar-refractivity contribution in [1.29, 1.82) is 0 Å². The first-order chi connectivity index (χ1) is 14.3. The summed E-state index contributed by atoms with van der Waals surface area (Å²) in [5.41, 5.74) is 3.29. The van der Waals surface area contributed by atoms with Crippen LogP contribution in [0.3, 0.4) is 0 Å². The third kappa shape index (κ3) is 4.44. The molecule has 0 spiro atoms. The van der Waals surface area contributed by atoms with Gasteiger partial charge in [-0.3, -0.25) is 9.59 Å². The van der Waals surface area contributed by atoms with Crippen molar-refractivity contribution < 1.29 is 23.5 Å². The van der Waals surface area contributed by atoms with E-state index < -0.39 is 11.9 Å². The Kier molecular flexibility index (Phi) is 6.37. The Morgan fingerprint density at radius 2 is 1.83 bits per heavy atom. The first-order valence-electron chi connectivity index (χ1n) is 9.35. The Morgan fingerprint density at radius 3 is 2.47 bits per heavy atom. The van der Waals surface area contributed by atoms with Crippen molar-refractivity contribution in [2.75, 3.05) is 17.2 Å². The van der Waals surface area contributed by atoms with Gasteiger partial charge in [-0.05, 0) is 57.0 Å². The molecule has 0 aliphatic heterocycles. The van der Waals surface area contributed by atoms with Crippen molar-refractivity contribution in [3.63, 3.8) is 0 Å². The molecule has 3 aromatic rings. The average molecular weight is 426 g/mol. The van der Waals surface area contributed by atoms with E-state index in [0.29, 0.717) is 16.1 Å². The van der Waals surface area contributed by atoms with Gasteiger partial charge in [0.1, 0.15) is 5.00 Å². The normalized spacial score (nSPS) is 10.5. The van der Waals surface area contributed by atoms with Crippen molar-refractivity contribution in [1.82, 2.24) is 0 Å². The van der Waals surface area contributed by atoms with Gasteiger partial charge < -0.3 is 19.8 Å². The monoisotopic (exact) mass is 426 g/mol. The molecule has 0 bridgehead atoms. The molecule has 0 fully saturated rings. The fourth-order valence-corrected chi connectivity index (χ4v) is 4.06. The number of furan rings is 1. The van der Waals surface area contributed by atoms with E-state index in [0.717, 1.165) is 22.5 Å². The molecule has 2 N–H and O–H groups in total. The molecule has 0 saturated heterocycles. The second-order valence-corrected chi connectivity index (χ2v) is 7.71. The predicted molar refractivity (Wildman–Crippen MR) is 116 cm³/mol. The van der Waals surface area contributed by atoms with Gasteiger partial charge in [0.15, 0.2) is 5.76 Å². The number of ether oxygens (including phenoxy) is 1. The highest BCUT2D eigenvalue weighted by Gasteiger charge is 2.27. The number of nitrogens with one attached hydrogen (secondary N) is 2. The van der Waals surface area contributed by atoms with Gasteiger partial charge >= 0.3 is 5.97 Å². The van der Waals surface area contributed by atoms with Gasteiger partial charge in [-0.25, -0.2) is 4.79 Å². The molecular weight excluding hydrogens is 404 g/mol. The summed E-state index contributed by atoms with van der Waals surface area (Å²) in [6.45, 7) is 7.39. The quantitative estimate of drug-likeness (QED) is 0.544. The average Bonchev–Trinajstić information content (AvgIpc) is 3.32. The van der Waals surface area contributed by atoms with Crippen LogP contribution in [0, 0.1) is 20.8 Å². The smallest absolute Gasteiger partial charge is 0.341 e. The van der Waals surface area contributed by atoms with Gasteiger partial charge in [0, 0.05) is 5.69 Å². The van der Waals surface area contributed by atoms with Crippen molar-refractivity contribution in [3.05, 3.63) is 69.5 Å². The van der Waals surface area contributed by atoms with E-state index in [2.05, 4.69) is 10.6 Å². The third-order valence-corrected chi connectivity index (χ3v) is 5.64. The van der Waals surface area contributed by atoms with E-state index in [1.54, 1.807) is 19.9 Å². The van der Waals surface area contributed by atoms with E-state index >= 15 is 0 Å². The van der Waals surface area contributed by atoms with Crippen LogP contribution in [0.4, 0.5) is 10.7 Å². The highest BCUT2D eigenvalue weighted by Crippen LogP contribution is 2.35. The molecule has 0 atom stereocenters. The second-order valence-electron chi connectivity index (χ2n) is 6.68. The summed E-state index contributed by atoms with van der Waals surface area (Å²) in [6, 6.07) is 8.80. The first kappa shape index (κ1) is 21.3. The highest BCUT2D eigenvalue weighted by molar-refractivity contribution is 7.19. The molecule has 0 saturated carbocycles. The van der Waals surface area contributed by atoms with Crippen LogP contribution < -0.4 is 10.6 Å². The zero-order valence-electron chi connectivity index (χ0n) is 17.1. The highest BCUT2D eigenvalue weighted by atomic mass is 32.1. The first-order valence-corrected chi connectivity index (χ1v) is 10.2. The lowest BCUT2D eigenvalue weighted by molar-refractivity contribution is 0.0527. The Labute approximate surface area is 178 Å². The van der Waals surface area contributed by atoms with Gasteiger partial charge in [0.25, 0.3) is 11.8 Å². The zero-order chi connectivity index (χ0) is 21.8. The van der Waals surface area contributed by atoms with E-state index in [9.17, 15) is 14.4 Å². The second kappa shape index (κ2) is 8.96. The van der Waals surface area contributed by atoms with Gasteiger partial charge in [-0.15, -0.1) is 11.3 Å². The summed E-state index contributed by atoms with van der Waals surface area (Å²) in [4.78, 5) is 38.2. The number of hydrogen-bond donors (Lipinski definition) is 2. The molecule has 156 valence electrons. The van der Waals surface area contributed by atoms with E-state index in [1.165, 1.54) is 12.3 Å². The maximum absolute atomic E-state index is 12.9. The molecule has 0 radical (unpaired) electrons. The van der Waals surface area contributed by atoms with Crippen LogP contribution in [0.5, 0.6) is 0 Å². The molecule has 1 aromatic carbocycles. The largest absolute Gasteiger partial charge is 0.462 e. The van der Waals surface area contributed by atoms with Crippen LogP contribution in [0.25, 0.3) is 0 Å². The number of aryl methyl sites for hydroxylation is 2. The number of carbonyl (C=O) groups is 3. The Balaban J connectivity index is 1.95. The minimum absolute atomic E-state index is 0.0946. The number of benzene rings is 1. The molecule has 0 aliphatic carbocycles. The lowest BCUT2D eigenvalue weighted by atomic mass is 10.1. The van der Waals surface area contributed by atoms with Crippen LogP contribution in [-0.2, 0) is 4.74 Å². The molecule has 2 amide bonds. The minimum atomic E-state index is -0.605. The number of thiophene rings is 1. The van der Waals surface area contributed by atoms with Gasteiger partial charge in [-0.2, -0.15) is 0 Å².